The minimum atomic E-state index is -0.0536. The Bertz CT molecular complexity index is 421. The molecule has 0 unspecified atom stereocenters. The van der Waals surface area contributed by atoms with Crippen molar-refractivity contribution in [3.8, 4) is 18.1 Å². The number of benzene rings is 1. The number of amides is 1. The van der Waals surface area contributed by atoms with Gasteiger partial charge in [0.2, 0.25) is 5.91 Å². The minimum absolute atomic E-state index is 0.0536. The van der Waals surface area contributed by atoms with Gasteiger partial charge in [-0.3, -0.25) is 4.79 Å². The largest absolute Gasteiger partial charge is 0.497 e. The number of terminal acetylenes is 1. The zero-order valence-corrected chi connectivity index (χ0v) is 11.2. The van der Waals surface area contributed by atoms with Gasteiger partial charge >= 0.3 is 0 Å². The van der Waals surface area contributed by atoms with Gasteiger partial charge in [-0.05, 0) is 43.7 Å². The fourth-order valence-corrected chi connectivity index (χ4v) is 1.56. The van der Waals surface area contributed by atoms with Gasteiger partial charge in [0.1, 0.15) is 5.75 Å². The standard InChI is InChI=1S/C15H20N2O2/c1-3-4-5-6-11-16-12-15(18)17-13-7-9-14(19-2)10-8-13/h1,7-10,16H,4-6,11-12H2,2H3,(H,17,18). The molecule has 1 aromatic rings. The van der Waals surface area contributed by atoms with Crippen LogP contribution in [0.4, 0.5) is 5.69 Å². The molecule has 1 aromatic carbocycles. The first kappa shape index (κ1) is 15.1. The molecular weight excluding hydrogens is 240 g/mol. The molecule has 4 heteroatoms. The van der Waals surface area contributed by atoms with Crippen LogP contribution in [0.3, 0.4) is 0 Å². The van der Waals surface area contributed by atoms with E-state index in [4.69, 9.17) is 11.2 Å². The molecule has 0 aliphatic rings. The Morgan fingerprint density at radius 1 is 1.32 bits per heavy atom. The molecule has 1 rings (SSSR count). The fourth-order valence-electron chi connectivity index (χ4n) is 1.56. The second-order valence-electron chi connectivity index (χ2n) is 4.11. The van der Waals surface area contributed by atoms with E-state index < -0.39 is 0 Å². The lowest BCUT2D eigenvalue weighted by atomic mass is 10.2. The smallest absolute Gasteiger partial charge is 0.238 e. The van der Waals surface area contributed by atoms with Gasteiger partial charge < -0.3 is 15.4 Å². The first-order valence-electron chi connectivity index (χ1n) is 6.34. The topological polar surface area (TPSA) is 50.4 Å². The summed E-state index contributed by atoms with van der Waals surface area (Å²) in [5, 5.41) is 5.89. The summed E-state index contributed by atoms with van der Waals surface area (Å²) < 4.78 is 5.05. The van der Waals surface area contributed by atoms with E-state index in [1.54, 1.807) is 7.11 Å². The van der Waals surface area contributed by atoms with Crippen LogP contribution in [0.25, 0.3) is 0 Å². The lowest BCUT2D eigenvalue weighted by molar-refractivity contribution is -0.115. The van der Waals surface area contributed by atoms with Crippen LogP contribution >= 0.6 is 0 Å². The van der Waals surface area contributed by atoms with Crippen LogP contribution in [0.2, 0.25) is 0 Å². The van der Waals surface area contributed by atoms with Crippen molar-refractivity contribution in [3.63, 3.8) is 0 Å². The van der Waals surface area contributed by atoms with Crippen LogP contribution in [0.5, 0.6) is 5.75 Å². The summed E-state index contributed by atoms with van der Waals surface area (Å²) in [5.41, 5.74) is 0.764. The van der Waals surface area contributed by atoms with Gasteiger partial charge in [0.25, 0.3) is 0 Å². The van der Waals surface area contributed by atoms with Gasteiger partial charge in [0, 0.05) is 12.1 Å². The van der Waals surface area contributed by atoms with Gasteiger partial charge in [-0.1, -0.05) is 0 Å². The summed E-state index contributed by atoms with van der Waals surface area (Å²) in [6.07, 6.45) is 7.92. The van der Waals surface area contributed by atoms with Crippen molar-refractivity contribution < 1.29 is 9.53 Å². The second-order valence-corrected chi connectivity index (χ2v) is 4.11. The average molecular weight is 260 g/mol. The molecular formula is C15H20N2O2. The monoisotopic (exact) mass is 260 g/mol. The summed E-state index contributed by atoms with van der Waals surface area (Å²) in [7, 11) is 1.61. The van der Waals surface area contributed by atoms with Crippen LogP contribution in [-0.2, 0) is 4.79 Å². The molecule has 1 amide bonds. The van der Waals surface area contributed by atoms with Crippen molar-refractivity contribution >= 4 is 11.6 Å². The summed E-state index contributed by atoms with van der Waals surface area (Å²) >= 11 is 0. The molecule has 0 saturated carbocycles. The van der Waals surface area contributed by atoms with Crippen LogP contribution in [0.1, 0.15) is 19.3 Å². The van der Waals surface area contributed by atoms with Gasteiger partial charge in [0.05, 0.1) is 13.7 Å². The maximum atomic E-state index is 11.6. The highest BCUT2D eigenvalue weighted by Crippen LogP contribution is 2.14. The highest BCUT2D eigenvalue weighted by atomic mass is 16.5. The normalized spacial score (nSPS) is 9.68. The molecule has 0 aliphatic carbocycles. The van der Waals surface area contributed by atoms with Crippen molar-refractivity contribution in [2.24, 2.45) is 0 Å². The van der Waals surface area contributed by atoms with Crippen molar-refractivity contribution in [1.82, 2.24) is 5.32 Å². The number of anilines is 1. The first-order chi connectivity index (χ1) is 9.26. The summed E-state index contributed by atoms with van der Waals surface area (Å²) in [4.78, 5) is 11.6. The molecule has 0 saturated heterocycles. The quantitative estimate of drug-likeness (QED) is 0.555. The van der Waals surface area contributed by atoms with Crippen LogP contribution in [0.15, 0.2) is 24.3 Å². The lowest BCUT2D eigenvalue weighted by Crippen LogP contribution is -2.28. The van der Waals surface area contributed by atoms with Gasteiger partial charge in [-0.25, -0.2) is 0 Å². The van der Waals surface area contributed by atoms with Crippen LogP contribution in [-0.4, -0.2) is 26.1 Å². The number of methoxy groups -OCH3 is 1. The molecule has 0 spiro atoms. The first-order valence-corrected chi connectivity index (χ1v) is 6.34. The maximum absolute atomic E-state index is 11.6. The van der Waals surface area contributed by atoms with Gasteiger partial charge in [-0.15, -0.1) is 12.3 Å². The number of rotatable bonds is 8. The molecule has 0 bridgehead atoms. The van der Waals surface area contributed by atoms with Crippen LogP contribution in [0, 0.1) is 12.3 Å². The van der Waals surface area contributed by atoms with E-state index >= 15 is 0 Å². The molecule has 0 radical (unpaired) electrons. The van der Waals surface area contributed by atoms with E-state index in [1.807, 2.05) is 24.3 Å². The third-order valence-corrected chi connectivity index (χ3v) is 2.58. The number of hydrogen-bond donors (Lipinski definition) is 2. The predicted molar refractivity (Wildman–Crippen MR) is 77.2 cm³/mol. The molecule has 0 aromatic heterocycles. The molecule has 0 aliphatic heterocycles. The minimum Gasteiger partial charge on any atom is -0.497 e. The highest BCUT2D eigenvalue weighted by Gasteiger charge is 2.01. The molecule has 19 heavy (non-hydrogen) atoms. The van der Waals surface area contributed by atoms with Crippen LogP contribution < -0.4 is 15.4 Å². The SMILES string of the molecule is C#CCCCCNCC(=O)Nc1ccc(OC)cc1. The predicted octanol–water partition coefficient (Wildman–Crippen LogP) is 2.03. The Morgan fingerprint density at radius 2 is 2.05 bits per heavy atom. The third-order valence-electron chi connectivity index (χ3n) is 2.58. The Morgan fingerprint density at radius 3 is 2.68 bits per heavy atom. The number of hydrogen-bond acceptors (Lipinski definition) is 3. The summed E-state index contributed by atoms with van der Waals surface area (Å²) in [6, 6.07) is 7.24. The number of unbranched alkanes of at least 4 members (excludes halogenated alkanes) is 2. The van der Waals surface area contributed by atoms with Gasteiger partial charge in [-0.2, -0.15) is 0 Å². The Hall–Kier alpha value is -1.99. The highest BCUT2D eigenvalue weighted by molar-refractivity contribution is 5.92. The van der Waals surface area contributed by atoms with Crippen molar-refractivity contribution in [2.45, 2.75) is 19.3 Å². The lowest BCUT2D eigenvalue weighted by Gasteiger charge is -2.07. The van der Waals surface area contributed by atoms with E-state index in [2.05, 4.69) is 16.6 Å². The van der Waals surface area contributed by atoms with E-state index in [0.29, 0.717) is 6.54 Å². The Labute approximate surface area is 114 Å². The van der Waals surface area contributed by atoms with Crippen molar-refractivity contribution in [1.29, 1.82) is 0 Å². The number of ether oxygens (including phenoxy) is 1. The fraction of sp³-hybridized carbons (Fsp3) is 0.400. The molecule has 102 valence electrons. The Balaban J connectivity index is 2.18. The zero-order chi connectivity index (χ0) is 13.9. The molecule has 4 nitrogen and oxygen atoms in total. The summed E-state index contributed by atoms with van der Waals surface area (Å²) in [5.74, 6) is 3.31. The molecule has 0 heterocycles. The average Bonchev–Trinajstić information content (AvgIpc) is 2.43. The molecule has 0 atom stereocenters. The molecule has 0 fully saturated rings. The van der Waals surface area contributed by atoms with Gasteiger partial charge in [0.15, 0.2) is 0 Å². The number of carbonyl (C=O) groups is 1. The van der Waals surface area contributed by atoms with E-state index in [-0.39, 0.29) is 5.91 Å². The second kappa shape index (κ2) is 9.01. The van der Waals surface area contributed by atoms with Crippen molar-refractivity contribution in [2.75, 3.05) is 25.5 Å². The van der Waals surface area contributed by atoms with Crippen molar-refractivity contribution in [3.05, 3.63) is 24.3 Å². The summed E-state index contributed by atoms with van der Waals surface area (Å²) in [6.45, 7) is 1.11. The van der Waals surface area contributed by atoms with E-state index in [9.17, 15) is 4.79 Å². The molecule has 2 N–H and O–H groups in total. The number of carbonyl (C=O) groups excluding carboxylic acids is 1. The zero-order valence-electron chi connectivity index (χ0n) is 11.2. The Kier molecular flexibility index (Phi) is 7.14. The van der Waals surface area contributed by atoms with E-state index in [1.165, 1.54) is 0 Å². The van der Waals surface area contributed by atoms with E-state index in [0.717, 1.165) is 37.2 Å². The third kappa shape index (κ3) is 6.49. The maximum Gasteiger partial charge on any atom is 0.238 e. The number of nitrogens with one attached hydrogen (secondary N) is 2.